The first-order valence-corrected chi connectivity index (χ1v) is 7.47. The molecule has 0 saturated heterocycles. The number of anilines is 1. The smallest absolute Gasteiger partial charge is 0.352 e. The number of nitro benzene ring substituents is 2. The SMILES string of the molecule is COC(=O)c1c([N+](=O)[O-])ccc(N(CCO)CCBr)c1[N+](=O)[O-]. The fourth-order valence-electron chi connectivity index (χ4n) is 2.04. The quantitative estimate of drug-likeness (QED) is 0.304. The van der Waals surface area contributed by atoms with Gasteiger partial charge in [0, 0.05) is 24.5 Å². The van der Waals surface area contributed by atoms with E-state index in [0.29, 0.717) is 11.9 Å². The Balaban J connectivity index is 3.68. The Bertz CT molecular complexity index is 617. The minimum atomic E-state index is -1.17. The van der Waals surface area contributed by atoms with Crippen LogP contribution in [0.3, 0.4) is 0 Å². The number of rotatable bonds is 8. The van der Waals surface area contributed by atoms with Gasteiger partial charge in [-0.05, 0) is 6.07 Å². The Hall–Kier alpha value is -2.27. The molecule has 0 aliphatic heterocycles. The van der Waals surface area contributed by atoms with Gasteiger partial charge in [0.1, 0.15) is 5.69 Å². The van der Waals surface area contributed by atoms with Crippen LogP contribution in [-0.2, 0) is 4.74 Å². The first kappa shape index (κ1) is 18.8. The minimum absolute atomic E-state index is 0.00509. The summed E-state index contributed by atoms with van der Waals surface area (Å²) in [7, 11) is 0.979. The van der Waals surface area contributed by atoms with Crippen molar-refractivity contribution in [3.8, 4) is 0 Å². The number of halogens is 1. The summed E-state index contributed by atoms with van der Waals surface area (Å²) in [6, 6.07) is 2.19. The number of alkyl halides is 1. The molecule has 0 atom stereocenters. The summed E-state index contributed by atoms with van der Waals surface area (Å²) >= 11 is 3.18. The molecule has 1 rings (SSSR count). The summed E-state index contributed by atoms with van der Waals surface area (Å²) < 4.78 is 4.45. The standard InChI is InChI=1S/C12H14BrN3O7/c1-23-12(18)10-8(15(19)20)2-3-9(11(10)16(21)22)14(5-4-13)6-7-17/h2-3,17H,4-7H2,1H3. The van der Waals surface area contributed by atoms with Crippen LogP contribution >= 0.6 is 15.9 Å². The molecule has 1 N–H and O–H groups in total. The van der Waals surface area contributed by atoms with E-state index in [1.807, 2.05) is 0 Å². The first-order valence-electron chi connectivity index (χ1n) is 6.34. The summed E-state index contributed by atoms with van der Waals surface area (Å²) in [5.74, 6) is -1.17. The van der Waals surface area contributed by atoms with Crippen molar-refractivity contribution in [1.29, 1.82) is 0 Å². The number of nitro groups is 2. The van der Waals surface area contributed by atoms with Crippen molar-refractivity contribution in [1.82, 2.24) is 0 Å². The number of ether oxygens (including phenoxy) is 1. The third-order valence-electron chi connectivity index (χ3n) is 2.97. The van der Waals surface area contributed by atoms with Crippen molar-refractivity contribution >= 4 is 39.0 Å². The number of esters is 1. The fraction of sp³-hybridized carbons (Fsp3) is 0.417. The van der Waals surface area contributed by atoms with Gasteiger partial charge >= 0.3 is 11.7 Å². The molecule has 0 saturated carbocycles. The van der Waals surface area contributed by atoms with Crippen LogP contribution in [0.2, 0.25) is 0 Å². The number of hydrogen-bond acceptors (Lipinski definition) is 8. The molecule has 1 aromatic rings. The van der Waals surface area contributed by atoms with E-state index in [1.165, 1.54) is 11.0 Å². The van der Waals surface area contributed by atoms with Gasteiger partial charge in [-0.2, -0.15) is 0 Å². The first-order chi connectivity index (χ1) is 10.9. The number of carbonyl (C=O) groups excluding carboxylic acids is 1. The van der Waals surface area contributed by atoms with E-state index >= 15 is 0 Å². The lowest BCUT2D eigenvalue weighted by Gasteiger charge is -2.23. The lowest BCUT2D eigenvalue weighted by atomic mass is 10.1. The molecule has 0 aliphatic rings. The highest BCUT2D eigenvalue weighted by Crippen LogP contribution is 2.38. The second-order valence-corrected chi connectivity index (χ2v) is 5.03. The van der Waals surface area contributed by atoms with Gasteiger partial charge in [0.2, 0.25) is 5.56 Å². The van der Waals surface area contributed by atoms with Crippen LogP contribution in [0.5, 0.6) is 0 Å². The number of aliphatic hydroxyl groups is 1. The summed E-state index contributed by atoms with van der Waals surface area (Å²) in [6.07, 6.45) is 0. The molecule has 1 aromatic carbocycles. The molecule has 0 spiro atoms. The van der Waals surface area contributed by atoms with Gasteiger partial charge in [-0.25, -0.2) is 4.79 Å². The zero-order valence-electron chi connectivity index (χ0n) is 12.1. The van der Waals surface area contributed by atoms with E-state index < -0.39 is 32.8 Å². The third-order valence-corrected chi connectivity index (χ3v) is 3.32. The predicted octanol–water partition coefficient (Wildman–Crippen LogP) is 1.48. The van der Waals surface area contributed by atoms with E-state index in [4.69, 9.17) is 5.11 Å². The van der Waals surface area contributed by atoms with Gasteiger partial charge in [0.15, 0.2) is 0 Å². The topological polar surface area (TPSA) is 136 Å². The maximum absolute atomic E-state index is 11.8. The van der Waals surface area contributed by atoms with Crippen LogP contribution in [0.25, 0.3) is 0 Å². The Labute approximate surface area is 139 Å². The number of nitrogens with zero attached hydrogens (tertiary/aromatic N) is 3. The Kier molecular flexibility index (Phi) is 6.85. The molecule has 23 heavy (non-hydrogen) atoms. The van der Waals surface area contributed by atoms with Crippen molar-refractivity contribution in [2.75, 3.05) is 37.0 Å². The molecular formula is C12H14BrN3O7. The minimum Gasteiger partial charge on any atom is -0.465 e. The molecule has 0 aliphatic carbocycles. The Morgan fingerprint density at radius 2 is 1.96 bits per heavy atom. The van der Waals surface area contributed by atoms with Crippen molar-refractivity contribution in [3.63, 3.8) is 0 Å². The maximum atomic E-state index is 11.8. The van der Waals surface area contributed by atoms with Crippen molar-refractivity contribution in [2.45, 2.75) is 0 Å². The molecule has 0 aromatic heterocycles. The van der Waals surface area contributed by atoms with E-state index in [0.717, 1.165) is 13.2 Å². The second kappa shape index (κ2) is 8.39. The molecule has 0 radical (unpaired) electrons. The number of methoxy groups -OCH3 is 1. The van der Waals surface area contributed by atoms with Crippen LogP contribution in [0.1, 0.15) is 10.4 Å². The summed E-state index contributed by atoms with van der Waals surface area (Å²) in [4.78, 5) is 34.0. The van der Waals surface area contributed by atoms with Crippen molar-refractivity contribution in [3.05, 3.63) is 37.9 Å². The average molecular weight is 392 g/mol. The molecule has 10 nitrogen and oxygen atoms in total. The highest BCUT2D eigenvalue weighted by Gasteiger charge is 2.36. The highest BCUT2D eigenvalue weighted by molar-refractivity contribution is 9.09. The van der Waals surface area contributed by atoms with E-state index in [2.05, 4.69) is 20.7 Å². The highest BCUT2D eigenvalue weighted by atomic mass is 79.9. The zero-order chi connectivity index (χ0) is 17.6. The summed E-state index contributed by atoms with van der Waals surface area (Å²) in [5, 5.41) is 32.0. The number of aliphatic hydroxyl groups excluding tert-OH is 1. The largest absolute Gasteiger partial charge is 0.465 e. The molecule has 11 heteroatoms. The van der Waals surface area contributed by atoms with Crippen LogP contribution < -0.4 is 4.90 Å². The Morgan fingerprint density at radius 3 is 2.39 bits per heavy atom. The molecule has 126 valence electrons. The maximum Gasteiger partial charge on any atom is 0.352 e. The molecule has 0 fully saturated rings. The molecular weight excluding hydrogens is 378 g/mol. The normalized spacial score (nSPS) is 10.2. The van der Waals surface area contributed by atoms with Gasteiger partial charge in [0.05, 0.1) is 23.6 Å². The van der Waals surface area contributed by atoms with E-state index in [9.17, 15) is 25.0 Å². The predicted molar refractivity (Wildman–Crippen MR) is 84.2 cm³/mol. The Morgan fingerprint density at radius 1 is 1.30 bits per heavy atom. The van der Waals surface area contributed by atoms with Crippen LogP contribution in [0, 0.1) is 20.2 Å². The number of carbonyl (C=O) groups is 1. The van der Waals surface area contributed by atoms with Crippen molar-refractivity contribution < 1.29 is 24.5 Å². The molecule has 0 bridgehead atoms. The fourth-order valence-corrected chi connectivity index (χ4v) is 2.47. The zero-order valence-corrected chi connectivity index (χ0v) is 13.7. The van der Waals surface area contributed by atoms with E-state index in [-0.39, 0.29) is 18.8 Å². The number of benzene rings is 1. The van der Waals surface area contributed by atoms with Crippen LogP contribution in [0.15, 0.2) is 12.1 Å². The summed E-state index contributed by atoms with van der Waals surface area (Å²) in [5.41, 5.74) is -2.16. The average Bonchev–Trinajstić information content (AvgIpc) is 2.52. The molecule has 0 heterocycles. The van der Waals surface area contributed by atoms with Gasteiger partial charge in [0.25, 0.3) is 5.69 Å². The second-order valence-electron chi connectivity index (χ2n) is 4.23. The lowest BCUT2D eigenvalue weighted by molar-refractivity contribution is -0.394. The van der Waals surface area contributed by atoms with E-state index in [1.54, 1.807) is 0 Å². The van der Waals surface area contributed by atoms with Crippen molar-refractivity contribution in [2.24, 2.45) is 0 Å². The van der Waals surface area contributed by atoms with Crippen LogP contribution in [0.4, 0.5) is 17.1 Å². The lowest BCUT2D eigenvalue weighted by Crippen LogP contribution is -2.29. The monoisotopic (exact) mass is 391 g/mol. The van der Waals surface area contributed by atoms with Crippen LogP contribution in [-0.4, -0.2) is 53.1 Å². The molecule has 0 unspecified atom stereocenters. The third kappa shape index (κ3) is 4.13. The number of hydrogen-bond donors (Lipinski definition) is 1. The summed E-state index contributed by atoms with van der Waals surface area (Å²) in [6.45, 7) is 0.0688. The van der Waals surface area contributed by atoms with Gasteiger partial charge < -0.3 is 14.7 Å². The molecule has 0 amide bonds. The van der Waals surface area contributed by atoms with Gasteiger partial charge in [-0.1, -0.05) is 15.9 Å². The van der Waals surface area contributed by atoms with Gasteiger partial charge in [-0.15, -0.1) is 0 Å². The van der Waals surface area contributed by atoms with Gasteiger partial charge in [-0.3, -0.25) is 20.2 Å².